The minimum atomic E-state index is 0.708. The standard InChI is InChI=1S/C7H15BrS/c1-7(8)5-3-4-6-9-2/h7H,3-6H2,1-2H3. The van der Waals surface area contributed by atoms with E-state index in [2.05, 4.69) is 29.1 Å². The number of alkyl halides is 1. The van der Waals surface area contributed by atoms with Gasteiger partial charge in [-0.25, -0.2) is 0 Å². The first-order valence-electron chi connectivity index (χ1n) is 3.40. The minimum Gasteiger partial charge on any atom is -0.165 e. The summed E-state index contributed by atoms with van der Waals surface area (Å²) in [5.41, 5.74) is 0. The molecule has 0 heterocycles. The Morgan fingerprint density at radius 1 is 1.44 bits per heavy atom. The fourth-order valence-corrected chi connectivity index (χ4v) is 1.49. The molecule has 0 N–H and O–H groups in total. The molecule has 0 spiro atoms. The molecule has 0 aliphatic heterocycles. The fraction of sp³-hybridized carbons (Fsp3) is 1.00. The molecule has 0 saturated carbocycles. The van der Waals surface area contributed by atoms with Crippen LogP contribution in [0.4, 0.5) is 0 Å². The summed E-state index contributed by atoms with van der Waals surface area (Å²) in [5.74, 6) is 1.32. The molecule has 0 aliphatic rings. The second kappa shape index (κ2) is 6.94. The summed E-state index contributed by atoms with van der Waals surface area (Å²) in [5, 5.41) is 0. The van der Waals surface area contributed by atoms with E-state index in [1.165, 1.54) is 25.0 Å². The highest BCUT2D eigenvalue weighted by molar-refractivity contribution is 9.09. The Balaban J connectivity index is 2.75. The van der Waals surface area contributed by atoms with Crippen LogP contribution in [-0.2, 0) is 0 Å². The summed E-state index contributed by atoms with van der Waals surface area (Å²) < 4.78 is 0. The van der Waals surface area contributed by atoms with Crippen molar-refractivity contribution in [3.8, 4) is 0 Å². The summed E-state index contributed by atoms with van der Waals surface area (Å²) >= 11 is 5.46. The number of unbranched alkanes of at least 4 members (excludes halogenated alkanes) is 1. The lowest BCUT2D eigenvalue weighted by molar-refractivity contribution is 0.724. The smallest absolute Gasteiger partial charge is 0.0117 e. The molecular formula is C7H15BrS. The molecule has 2 heteroatoms. The van der Waals surface area contributed by atoms with Crippen LogP contribution in [0, 0.1) is 0 Å². The van der Waals surface area contributed by atoms with Crippen molar-refractivity contribution < 1.29 is 0 Å². The predicted octanol–water partition coefficient (Wildman–Crippen LogP) is 3.30. The van der Waals surface area contributed by atoms with E-state index in [9.17, 15) is 0 Å². The zero-order chi connectivity index (χ0) is 7.11. The van der Waals surface area contributed by atoms with Crippen LogP contribution in [0.15, 0.2) is 0 Å². The van der Waals surface area contributed by atoms with E-state index in [4.69, 9.17) is 0 Å². The third kappa shape index (κ3) is 8.83. The maximum absolute atomic E-state index is 3.52. The van der Waals surface area contributed by atoms with Crippen molar-refractivity contribution >= 4 is 27.7 Å². The Labute approximate surface area is 70.9 Å². The van der Waals surface area contributed by atoms with Gasteiger partial charge < -0.3 is 0 Å². The van der Waals surface area contributed by atoms with E-state index >= 15 is 0 Å². The van der Waals surface area contributed by atoms with Gasteiger partial charge in [-0.15, -0.1) is 0 Å². The molecule has 0 saturated heterocycles. The summed E-state index contributed by atoms with van der Waals surface area (Å²) in [6.45, 7) is 2.21. The van der Waals surface area contributed by atoms with E-state index in [1.54, 1.807) is 0 Å². The highest BCUT2D eigenvalue weighted by Gasteiger charge is 1.93. The van der Waals surface area contributed by atoms with Gasteiger partial charge in [0.1, 0.15) is 0 Å². The Morgan fingerprint density at radius 2 is 2.11 bits per heavy atom. The Morgan fingerprint density at radius 3 is 2.56 bits per heavy atom. The second-order valence-corrected chi connectivity index (χ2v) is 4.82. The van der Waals surface area contributed by atoms with Gasteiger partial charge >= 0.3 is 0 Å². The van der Waals surface area contributed by atoms with Gasteiger partial charge in [0.15, 0.2) is 0 Å². The van der Waals surface area contributed by atoms with Gasteiger partial charge in [0, 0.05) is 4.83 Å². The maximum Gasteiger partial charge on any atom is 0.0117 e. The molecule has 0 bridgehead atoms. The van der Waals surface area contributed by atoms with Crippen LogP contribution in [-0.4, -0.2) is 16.8 Å². The van der Waals surface area contributed by atoms with Gasteiger partial charge in [-0.05, 0) is 24.9 Å². The van der Waals surface area contributed by atoms with Crippen molar-refractivity contribution in [2.75, 3.05) is 12.0 Å². The molecule has 1 atom stereocenters. The number of rotatable bonds is 5. The minimum absolute atomic E-state index is 0.708. The van der Waals surface area contributed by atoms with Crippen LogP contribution in [0.3, 0.4) is 0 Å². The van der Waals surface area contributed by atoms with Gasteiger partial charge in [-0.3, -0.25) is 0 Å². The molecule has 56 valence electrons. The zero-order valence-electron chi connectivity index (χ0n) is 6.19. The summed E-state index contributed by atoms with van der Waals surface area (Å²) in [6.07, 6.45) is 6.22. The molecule has 0 aromatic rings. The fourth-order valence-electron chi connectivity index (χ4n) is 0.672. The molecule has 0 aromatic carbocycles. The van der Waals surface area contributed by atoms with Crippen LogP contribution in [0.1, 0.15) is 26.2 Å². The molecule has 0 aromatic heterocycles. The third-order valence-corrected chi connectivity index (χ3v) is 2.36. The molecule has 0 amide bonds. The maximum atomic E-state index is 3.52. The average molecular weight is 211 g/mol. The van der Waals surface area contributed by atoms with E-state index in [0.717, 1.165) is 0 Å². The Bertz CT molecular complexity index is 54.9. The Hall–Kier alpha value is 0.830. The van der Waals surface area contributed by atoms with Crippen molar-refractivity contribution in [2.45, 2.75) is 31.0 Å². The number of hydrogen-bond donors (Lipinski definition) is 0. The lowest BCUT2D eigenvalue weighted by atomic mass is 10.2. The van der Waals surface area contributed by atoms with Crippen LogP contribution in [0.2, 0.25) is 0 Å². The second-order valence-electron chi connectivity index (χ2n) is 2.27. The SMILES string of the molecule is CSCCCCC(C)Br. The van der Waals surface area contributed by atoms with E-state index in [1.807, 2.05) is 11.8 Å². The molecular weight excluding hydrogens is 196 g/mol. The molecule has 0 rings (SSSR count). The average Bonchev–Trinajstić information content (AvgIpc) is 1.80. The normalized spacial score (nSPS) is 13.7. The number of hydrogen-bond acceptors (Lipinski definition) is 1. The van der Waals surface area contributed by atoms with E-state index < -0.39 is 0 Å². The lowest BCUT2D eigenvalue weighted by Crippen LogP contribution is -1.89. The largest absolute Gasteiger partial charge is 0.165 e. The van der Waals surface area contributed by atoms with Crippen molar-refractivity contribution in [3.05, 3.63) is 0 Å². The van der Waals surface area contributed by atoms with Gasteiger partial charge in [0.25, 0.3) is 0 Å². The molecule has 9 heavy (non-hydrogen) atoms. The lowest BCUT2D eigenvalue weighted by Gasteiger charge is -2.00. The number of thioether (sulfide) groups is 1. The molecule has 0 fully saturated rings. The molecule has 1 unspecified atom stereocenters. The van der Waals surface area contributed by atoms with E-state index in [-0.39, 0.29) is 0 Å². The molecule has 0 aliphatic carbocycles. The van der Waals surface area contributed by atoms with Crippen LogP contribution in [0.5, 0.6) is 0 Å². The summed E-state index contributed by atoms with van der Waals surface area (Å²) in [4.78, 5) is 0.708. The third-order valence-electron chi connectivity index (χ3n) is 1.20. The molecule has 0 nitrogen and oxygen atoms in total. The Kier molecular flexibility index (Phi) is 7.58. The first-order chi connectivity index (χ1) is 4.27. The van der Waals surface area contributed by atoms with Crippen molar-refractivity contribution in [3.63, 3.8) is 0 Å². The van der Waals surface area contributed by atoms with Crippen LogP contribution < -0.4 is 0 Å². The van der Waals surface area contributed by atoms with Gasteiger partial charge in [-0.2, -0.15) is 11.8 Å². The monoisotopic (exact) mass is 210 g/mol. The van der Waals surface area contributed by atoms with Crippen molar-refractivity contribution in [2.24, 2.45) is 0 Å². The molecule has 0 radical (unpaired) electrons. The van der Waals surface area contributed by atoms with Gasteiger partial charge in [-0.1, -0.05) is 29.3 Å². The van der Waals surface area contributed by atoms with Crippen LogP contribution >= 0.6 is 27.7 Å². The zero-order valence-corrected chi connectivity index (χ0v) is 8.59. The highest BCUT2D eigenvalue weighted by Crippen LogP contribution is 2.09. The van der Waals surface area contributed by atoms with Crippen LogP contribution in [0.25, 0.3) is 0 Å². The van der Waals surface area contributed by atoms with Crippen molar-refractivity contribution in [1.82, 2.24) is 0 Å². The van der Waals surface area contributed by atoms with Gasteiger partial charge in [0.05, 0.1) is 0 Å². The quantitative estimate of drug-likeness (QED) is 0.496. The summed E-state index contributed by atoms with van der Waals surface area (Å²) in [6, 6.07) is 0. The number of halogens is 1. The topological polar surface area (TPSA) is 0 Å². The first kappa shape index (κ1) is 9.83. The first-order valence-corrected chi connectivity index (χ1v) is 5.71. The van der Waals surface area contributed by atoms with Gasteiger partial charge in [0.2, 0.25) is 0 Å². The van der Waals surface area contributed by atoms with E-state index in [0.29, 0.717) is 4.83 Å². The predicted molar refractivity (Wildman–Crippen MR) is 50.6 cm³/mol. The summed E-state index contributed by atoms with van der Waals surface area (Å²) in [7, 11) is 0. The van der Waals surface area contributed by atoms with Crippen molar-refractivity contribution in [1.29, 1.82) is 0 Å². The highest BCUT2D eigenvalue weighted by atomic mass is 79.9.